The molecule has 1 amide bonds. The van der Waals surface area contributed by atoms with Crippen molar-refractivity contribution >= 4 is 40.2 Å². The largest absolute Gasteiger partial charge is 0.324 e. The van der Waals surface area contributed by atoms with E-state index in [0.29, 0.717) is 16.6 Å². The molecule has 0 aliphatic heterocycles. The Labute approximate surface area is 142 Å². The predicted molar refractivity (Wildman–Crippen MR) is 92.1 cm³/mol. The van der Waals surface area contributed by atoms with Gasteiger partial charge in [-0.25, -0.2) is 0 Å². The van der Waals surface area contributed by atoms with E-state index in [1.54, 1.807) is 13.0 Å². The molecule has 0 spiro atoms. The molecule has 0 bridgehead atoms. The number of thiophene rings is 1. The first-order valence-corrected chi connectivity index (χ1v) is 8.02. The molecule has 2 rings (SSSR count). The number of nitro benzene ring substituents is 1. The molecule has 23 heavy (non-hydrogen) atoms. The van der Waals surface area contributed by atoms with Crippen molar-refractivity contribution < 1.29 is 9.72 Å². The standard InChI is InChI=1S/C15H16ClN3O3S/c1-10-3-4-11(19(21)22)7-13(10)17-15(20)9-18(2)8-12-5-6-14(16)23-12/h3-7H,8-9H2,1-2H3,(H,17,20). The second-order valence-electron chi connectivity index (χ2n) is 5.18. The van der Waals surface area contributed by atoms with Crippen LogP contribution in [0.25, 0.3) is 0 Å². The van der Waals surface area contributed by atoms with E-state index < -0.39 is 4.92 Å². The van der Waals surface area contributed by atoms with Crippen LogP contribution in [0.4, 0.5) is 11.4 Å². The molecule has 0 unspecified atom stereocenters. The minimum Gasteiger partial charge on any atom is -0.324 e. The number of carbonyl (C=O) groups excluding carboxylic acids is 1. The molecule has 6 nitrogen and oxygen atoms in total. The van der Waals surface area contributed by atoms with E-state index in [2.05, 4.69) is 5.32 Å². The fraction of sp³-hybridized carbons (Fsp3) is 0.267. The van der Waals surface area contributed by atoms with Gasteiger partial charge < -0.3 is 5.32 Å². The lowest BCUT2D eigenvalue weighted by atomic mass is 10.2. The predicted octanol–water partition coefficient (Wildman–Crippen LogP) is 3.69. The zero-order valence-electron chi connectivity index (χ0n) is 12.7. The van der Waals surface area contributed by atoms with Crippen molar-refractivity contribution in [2.45, 2.75) is 13.5 Å². The van der Waals surface area contributed by atoms with Gasteiger partial charge in [-0.2, -0.15) is 0 Å². The Hall–Kier alpha value is -1.96. The maximum Gasteiger partial charge on any atom is 0.271 e. The number of benzene rings is 1. The zero-order chi connectivity index (χ0) is 17.0. The molecular formula is C15H16ClN3O3S. The minimum atomic E-state index is -0.484. The molecule has 2 aromatic rings. The van der Waals surface area contributed by atoms with Gasteiger partial charge in [-0.05, 0) is 31.7 Å². The summed E-state index contributed by atoms with van der Waals surface area (Å²) in [6.45, 7) is 2.58. The highest BCUT2D eigenvalue weighted by Gasteiger charge is 2.13. The van der Waals surface area contributed by atoms with Crippen LogP contribution in [0.1, 0.15) is 10.4 Å². The Balaban J connectivity index is 1.96. The van der Waals surface area contributed by atoms with Crippen LogP contribution in [-0.4, -0.2) is 29.3 Å². The Bertz CT molecular complexity index is 733. The number of aryl methyl sites for hydroxylation is 1. The van der Waals surface area contributed by atoms with Gasteiger partial charge >= 0.3 is 0 Å². The van der Waals surface area contributed by atoms with Crippen LogP contribution in [-0.2, 0) is 11.3 Å². The van der Waals surface area contributed by atoms with Crippen LogP contribution < -0.4 is 5.32 Å². The number of nitro groups is 1. The van der Waals surface area contributed by atoms with Gasteiger partial charge in [-0.1, -0.05) is 17.7 Å². The first-order valence-electron chi connectivity index (χ1n) is 6.83. The number of anilines is 1. The number of halogens is 1. The van der Waals surface area contributed by atoms with E-state index in [1.165, 1.54) is 23.5 Å². The molecular weight excluding hydrogens is 338 g/mol. The monoisotopic (exact) mass is 353 g/mol. The summed E-state index contributed by atoms with van der Waals surface area (Å²) in [5.74, 6) is -0.223. The lowest BCUT2D eigenvalue weighted by Crippen LogP contribution is -2.29. The lowest BCUT2D eigenvalue weighted by molar-refractivity contribution is -0.384. The Morgan fingerprint density at radius 2 is 2.13 bits per heavy atom. The van der Waals surface area contributed by atoms with E-state index in [0.717, 1.165) is 10.4 Å². The van der Waals surface area contributed by atoms with E-state index in [4.69, 9.17) is 11.6 Å². The second-order valence-corrected chi connectivity index (χ2v) is 6.98. The molecule has 1 N–H and O–H groups in total. The van der Waals surface area contributed by atoms with Crippen LogP contribution >= 0.6 is 22.9 Å². The first-order chi connectivity index (χ1) is 10.8. The summed E-state index contributed by atoms with van der Waals surface area (Å²) in [6, 6.07) is 8.14. The fourth-order valence-corrected chi connectivity index (χ4v) is 3.22. The molecule has 1 aromatic heterocycles. The zero-order valence-corrected chi connectivity index (χ0v) is 14.3. The molecule has 1 aromatic carbocycles. The van der Waals surface area contributed by atoms with Gasteiger partial charge in [0.05, 0.1) is 21.5 Å². The van der Waals surface area contributed by atoms with Crippen molar-refractivity contribution in [3.05, 3.63) is 55.2 Å². The van der Waals surface area contributed by atoms with Crippen LogP contribution in [0, 0.1) is 17.0 Å². The highest BCUT2D eigenvalue weighted by atomic mass is 35.5. The van der Waals surface area contributed by atoms with Crippen LogP contribution in [0.5, 0.6) is 0 Å². The van der Waals surface area contributed by atoms with Crippen molar-refractivity contribution in [3.63, 3.8) is 0 Å². The van der Waals surface area contributed by atoms with Crippen molar-refractivity contribution in [3.8, 4) is 0 Å². The average molecular weight is 354 g/mol. The second kappa shape index (κ2) is 7.54. The summed E-state index contributed by atoms with van der Waals surface area (Å²) < 4.78 is 0.713. The van der Waals surface area contributed by atoms with Crippen molar-refractivity contribution in [1.82, 2.24) is 4.90 Å². The third-order valence-electron chi connectivity index (χ3n) is 3.17. The van der Waals surface area contributed by atoms with E-state index in [-0.39, 0.29) is 18.1 Å². The van der Waals surface area contributed by atoms with E-state index in [9.17, 15) is 14.9 Å². The first kappa shape index (κ1) is 17.4. The smallest absolute Gasteiger partial charge is 0.271 e. The Morgan fingerprint density at radius 3 is 2.74 bits per heavy atom. The summed E-state index contributed by atoms with van der Waals surface area (Å²) in [5, 5.41) is 13.5. The van der Waals surface area contributed by atoms with Gasteiger partial charge in [0, 0.05) is 23.6 Å². The van der Waals surface area contributed by atoms with Gasteiger partial charge in [0.25, 0.3) is 5.69 Å². The van der Waals surface area contributed by atoms with Gasteiger partial charge in [-0.3, -0.25) is 19.8 Å². The number of nitrogens with one attached hydrogen (secondary N) is 1. The molecule has 0 saturated carbocycles. The van der Waals surface area contributed by atoms with Crippen LogP contribution in [0.2, 0.25) is 4.34 Å². The third-order valence-corrected chi connectivity index (χ3v) is 4.39. The van der Waals surface area contributed by atoms with Crippen LogP contribution in [0.3, 0.4) is 0 Å². The molecule has 0 aliphatic rings. The molecule has 122 valence electrons. The number of rotatable bonds is 6. The number of non-ortho nitro benzene ring substituents is 1. The molecule has 8 heteroatoms. The number of hydrogen-bond acceptors (Lipinski definition) is 5. The van der Waals surface area contributed by atoms with Gasteiger partial charge in [-0.15, -0.1) is 11.3 Å². The van der Waals surface area contributed by atoms with Gasteiger partial charge in [0.1, 0.15) is 0 Å². The van der Waals surface area contributed by atoms with Crippen LogP contribution in [0.15, 0.2) is 30.3 Å². The third kappa shape index (κ3) is 5.02. The topological polar surface area (TPSA) is 75.5 Å². The summed E-state index contributed by atoms with van der Waals surface area (Å²) in [5.41, 5.74) is 1.18. The molecule has 0 saturated heterocycles. The summed E-state index contributed by atoms with van der Waals surface area (Å²) in [4.78, 5) is 25.3. The van der Waals surface area contributed by atoms with Gasteiger partial charge in [0.2, 0.25) is 5.91 Å². The number of amides is 1. The molecule has 1 heterocycles. The van der Waals surface area contributed by atoms with E-state index in [1.807, 2.05) is 24.1 Å². The number of nitrogens with zero attached hydrogens (tertiary/aromatic N) is 2. The maximum absolute atomic E-state index is 12.1. The molecule has 0 fully saturated rings. The highest BCUT2D eigenvalue weighted by molar-refractivity contribution is 7.16. The Kier molecular flexibility index (Phi) is 5.70. The summed E-state index contributed by atoms with van der Waals surface area (Å²) >= 11 is 7.35. The summed E-state index contributed by atoms with van der Waals surface area (Å²) in [7, 11) is 1.83. The number of likely N-dealkylation sites (N-methyl/N-ethyl adjacent to an activating group) is 1. The number of hydrogen-bond donors (Lipinski definition) is 1. The van der Waals surface area contributed by atoms with E-state index >= 15 is 0 Å². The molecule has 0 aliphatic carbocycles. The average Bonchev–Trinajstić information content (AvgIpc) is 2.85. The molecule has 0 atom stereocenters. The quantitative estimate of drug-likeness (QED) is 0.634. The number of carbonyl (C=O) groups is 1. The Morgan fingerprint density at radius 1 is 1.39 bits per heavy atom. The van der Waals surface area contributed by atoms with Crippen molar-refractivity contribution in [1.29, 1.82) is 0 Å². The van der Waals surface area contributed by atoms with Crippen molar-refractivity contribution in [2.75, 3.05) is 18.9 Å². The SMILES string of the molecule is Cc1ccc([N+](=O)[O-])cc1NC(=O)CN(C)Cc1ccc(Cl)s1. The summed E-state index contributed by atoms with van der Waals surface area (Å²) in [6.07, 6.45) is 0. The lowest BCUT2D eigenvalue weighted by Gasteiger charge is -2.16. The minimum absolute atomic E-state index is 0.0486. The normalized spacial score (nSPS) is 10.8. The maximum atomic E-state index is 12.1. The van der Waals surface area contributed by atoms with Crippen molar-refractivity contribution in [2.24, 2.45) is 0 Å². The fourth-order valence-electron chi connectivity index (χ4n) is 2.05. The highest BCUT2D eigenvalue weighted by Crippen LogP contribution is 2.23. The van der Waals surface area contributed by atoms with Gasteiger partial charge in [0.15, 0.2) is 0 Å². The molecule has 0 radical (unpaired) electrons.